The first kappa shape index (κ1) is 15.8. The second-order valence-corrected chi connectivity index (χ2v) is 5.48. The predicted octanol–water partition coefficient (Wildman–Crippen LogP) is 1.84. The van der Waals surface area contributed by atoms with Gasteiger partial charge < -0.3 is 10.7 Å². The number of allylic oxidation sites excluding steroid dienone is 2. The highest BCUT2D eigenvalue weighted by atomic mass is 32.7. The molecular formula is C10H22N3OPS. The zero-order valence-corrected chi connectivity index (χ0v) is 12.1. The lowest BCUT2D eigenvalue weighted by Gasteiger charge is -2.22. The van der Waals surface area contributed by atoms with E-state index in [9.17, 15) is 4.79 Å². The van der Waals surface area contributed by atoms with Crippen molar-refractivity contribution in [3.8, 4) is 0 Å². The maximum Gasteiger partial charge on any atom is 0.161 e. The normalized spacial score (nSPS) is 13.4. The summed E-state index contributed by atoms with van der Waals surface area (Å²) in [4.78, 5) is 11.0. The van der Waals surface area contributed by atoms with E-state index in [-0.39, 0.29) is 19.2 Å². The molecule has 0 spiro atoms. The third-order valence-electron chi connectivity index (χ3n) is 2.40. The molecule has 0 amide bonds. The molecular weight excluding hydrogens is 241 g/mol. The van der Waals surface area contributed by atoms with Gasteiger partial charge in [0.2, 0.25) is 0 Å². The number of rotatable bonds is 7. The molecule has 0 aliphatic heterocycles. The van der Waals surface area contributed by atoms with Gasteiger partial charge in [0.1, 0.15) is 0 Å². The van der Waals surface area contributed by atoms with Gasteiger partial charge in [-0.3, -0.25) is 4.79 Å². The molecule has 0 aromatic carbocycles. The lowest BCUT2D eigenvalue weighted by Crippen LogP contribution is -2.33. The zero-order chi connectivity index (χ0) is 12.7. The fourth-order valence-corrected chi connectivity index (χ4v) is 1.84. The summed E-state index contributed by atoms with van der Waals surface area (Å²) in [5.41, 5.74) is 7.76. The maximum atomic E-state index is 11.0. The zero-order valence-electron chi connectivity index (χ0n) is 10.2. The van der Waals surface area contributed by atoms with E-state index >= 15 is 0 Å². The third kappa shape index (κ3) is 5.73. The summed E-state index contributed by atoms with van der Waals surface area (Å²) in [7, 11) is 0.0803. The smallest absolute Gasteiger partial charge is 0.161 e. The Morgan fingerprint density at radius 3 is 2.50 bits per heavy atom. The average Bonchev–Trinajstić information content (AvgIpc) is 2.26. The highest BCUT2D eigenvalue weighted by Crippen LogP contribution is 2.19. The molecule has 0 radical (unpaired) electrons. The van der Waals surface area contributed by atoms with Crippen LogP contribution in [0.2, 0.25) is 0 Å². The van der Waals surface area contributed by atoms with Crippen molar-refractivity contribution in [2.75, 3.05) is 6.54 Å². The van der Waals surface area contributed by atoms with Crippen LogP contribution in [0.4, 0.5) is 0 Å². The summed E-state index contributed by atoms with van der Waals surface area (Å²) >= 11 is 3.94. The van der Waals surface area contributed by atoms with Crippen LogP contribution in [0.5, 0.6) is 0 Å². The standard InChI is InChI=1S/C10H22N3OPS/c1-7(2)10(11)8(3)13(12)6-4-5-9(14)15-16/h7,15-16H,4-6,11-12H2,1-3H3/b10-8-. The number of hydrazine groups is 1. The summed E-state index contributed by atoms with van der Waals surface area (Å²) in [6, 6.07) is 0. The first-order valence-electron chi connectivity index (χ1n) is 5.31. The van der Waals surface area contributed by atoms with E-state index in [1.807, 2.05) is 20.8 Å². The van der Waals surface area contributed by atoms with Crippen LogP contribution in [-0.4, -0.2) is 17.1 Å². The number of thiol groups is 1. The number of nitrogens with two attached hydrogens (primary N) is 2. The fourth-order valence-electron chi connectivity index (χ4n) is 1.22. The van der Waals surface area contributed by atoms with Gasteiger partial charge in [-0.25, -0.2) is 5.84 Å². The van der Waals surface area contributed by atoms with Crippen molar-refractivity contribution in [3.05, 3.63) is 11.4 Å². The molecule has 0 aliphatic carbocycles. The van der Waals surface area contributed by atoms with Crippen molar-refractivity contribution < 1.29 is 4.79 Å². The van der Waals surface area contributed by atoms with Gasteiger partial charge in [-0.1, -0.05) is 13.8 Å². The lowest BCUT2D eigenvalue weighted by molar-refractivity contribution is -0.111. The van der Waals surface area contributed by atoms with E-state index < -0.39 is 0 Å². The van der Waals surface area contributed by atoms with Crippen LogP contribution in [0.3, 0.4) is 0 Å². The second-order valence-electron chi connectivity index (χ2n) is 4.03. The van der Waals surface area contributed by atoms with Gasteiger partial charge in [0.05, 0.1) is 0 Å². The molecule has 0 bridgehead atoms. The topological polar surface area (TPSA) is 72.3 Å². The van der Waals surface area contributed by atoms with E-state index in [0.29, 0.717) is 13.0 Å². The van der Waals surface area contributed by atoms with Gasteiger partial charge in [0, 0.05) is 32.1 Å². The molecule has 0 saturated carbocycles. The van der Waals surface area contributed by atoms with E-state index in [2.05, 4.69) is 12.2 Å². The van der Waals surface area contributed by atoms with Gasteiger partial charge >= 0.3 is 0 Å². The van der Waals surface area contributed by atoms with Crippen molar-refractivity contribution in [2.45, 2.75) is 33.6 Å². The van der Waals surface area contributed by atoms with Crippen molar-refractivity contribution >= 4 is 25.6 Å². The minimum Gasteiger partial charge on any atom is -0.400 e. The second kappa shape index (κ2) is 7.93. The van der Waals surface area contributed by atoms with Crippen molar-refractivity contribution in [3.63, 3.8) is 0 Å². The molecule has 1 unspecified atom stereocenters. The molecule has 0 rings (SSSR count). The Labute approximate surface area is 105 Å². The summed E-state index contributed by atoms with van der Waals surface area (Å²) in [5, 5.41) is 1.62. The van der Waals surface area contributed by atoms with Gasteiger partial charge in [0.25, 0.3) is 0 Å². The Bertz CT molecular complexity index is 269. The van der Waals surface area contributed by atoms with E-state index in [1.54, 1.807) is 5.01 Å². The Hall–Kier alpha value is -0.250. The van der Waals surface area contributed by atoms with E-state index in [1.165, 1.54) is 0 Å². The number of hydrogen-bond donors (Lipinski definition) is 3. The Balaban J connectivity index is 4.11. The molecule has 94 valence electrons. The largest absolute Gasteiger partial charge is 0.400 e. The summed E-state index contributed by atoms with van der Waals surface area (Å²) in [6.07, 6.45) is 1.27. The van der Waals surface area contributed by atoms with Gasteiger partial charge in [-0.05, 0) is 19.3 Å². The van der Waals surface area contributed by atoms with Gasteiger partial charge in [-0.15, -0.1) is 12.2 Å². The van der Waals surface area contributed by atoms with Crippen LogP contribution < -0.4 is 11.6 Å². The third-order valence-corrected chi connectivity index (χ3v) is 3.65. The number of nitrogens with zero attached hydrogens (tertiary/aromatic N) is 1. The van der Waals surface area contributed by atoms with Crippen LogP contribution in [0.15, 0.2) is 11.4 Å². The van der Waals surface area contributed by atoms with Crippen molar-refractivity contribution in [2.24, 2.45) is 17.5 Å². The molecule has 4 nitrogen and oxygen atoms in total. The first-order chi connectivity index (χ1) is 7.40. The monoisotopic (exact) mass is 263 g/mol. The molecule has 1 atom stereocenters. The average molecular weight is 263 g/mol. The van der Waals surface area contributed by atoms with Crippen molar-refractivity contribution in [1.82, 2.24) is 5.01 Å². The van der Waals surface area contributed by atoms with Crippen LogP contribution in [0.25, 0.3) is 0 Å². The van der Waals surface area contributed by atoms with Crippen LogP contribution in [-0.2, 0) is 4.79 Å². The first-order valence-corrected chi connectivity index (χ1v) is 7.60. The van der Waals surface area contributed by atoms with Gasteiger partial charge in [0.15, 0.2) is 5.52 Å². The van der Waals surface area contributed by atoms with Gasteiger partial charge in [-0.2, -0.15) is 0 Å². The quantitative estimate of drug-likeness (QED) is 0.284. The molecule has 0 aliphatic rings. The maximum absolute atomic E-state index is 11.0. The Kier molecular flexibility index (Phi) is 7.81. The highest BCUT2D eigenvalue weighted by molar-refractivity contribution is 8.43. The minimum atomic E-state index is 0.0803. The summed E-state index contributed by atoms with van der Waals surface area (Å²) in [5.74, 6) is 6.13. The van der Waals surface area contributed by atoms with Crippen molar-refractivity contribution in [1.29, 1.82) is 0 Å². The predicted molar refractivity (Wildman–Crippen MR) is 74.2 cm³/mol. The molecule has 0 fully saturated rings. The molecule has 0 aromatic rings. The van der Waals surface area contributed by atoms with Crippen LogP contribution in [0, 0.1) is 5.92 Å². The van der Waals surface area contributed by atoms with Crippen LogP contribution in [0.1, 0.15) is 33.6 Å². The molecule has 0 heterocycles. The van der Waals surface area contributed by atoms with E-state index in [0.717, 1.165) is 17.8 Å². The number of hydrogen-bond acceptors (Lipinski definition) is 5. The minimum absolute atomic E-state index is 0.0803. The molecule has 0 saturated heterocycles. The highest BCUT2D eigenvalue weighted by Gasteiger charge is 2.08. The fraction of sp³-hybridized carbons (Fsp3) is 0.700. The Morgan fingerprint density at radius 1 is 1.50 bits per heavy atom. The molecule has 0 aromatic heterocycles. The molecule has 16 heavy (non-hydrogen) atoms. The molecule has 6 heteroatoms. The molecule has 4 N–H and O–H groups in total. The number of carbonyl (C=O) groups is 1. The SMILES string of the molecule is C/C(=C(/N)C(C)C)N(N)CCCC(=O)PS. The summed E-state index contributed by atoms with van der Waals surface area (Å²) in [6.45, 7) is 6.59. The number of carbonyl (C=O) groups excluding carboxylic acids is 1. The Morgan fingerprint density at radius 2 is 2.06 bits per heavy atom. The summed E-state index contributed by atoms with van der Waals surface area (Å²) < 4.78 is 0. The lowest BCUT2D eigenvalue weighted by atomic mass is 10.1. The van der Waals surface area contributed by atoms with E-state index in [4.69, 9.17) is 11.6 Å². The van der Waals surface area contributed by atoms with Crippen LogP contribution >= 0.6 is 20.0 Å².